The second kappa shape index (κ2) is 14.7. The summed E-state index contributed by atoms with van der Waals surface area (Å²) in [5.74, 6) is -0.590. The van der Waals surface area contributed by atoms with Gasteiger partial charge in [0.05, 0.1) is 30.6 Å². The Kier molecular flexibility index (Phi) is 11.6. The summed E-state index contributed by atoms with van der Waals surface area (Å²) in [6, 6.07) is 22.0. The van der Waals surface area contributed by atoms with Crippen LogP contribution in [0.15, 0.2) is 72.8 Å². The van der Waals surface area contributed by atoms with E-state index >= 15 is 0 Å². The predicted octanol–water partition coefficient (Wildman–Crippen LogP) is 5.81. The fourth-order valence-electron chi connectivity index (χ4n) is 4.65. The Morgan fingerprint density at radius 3 is 2.16 bits per heavy atom. The summed E-state index contributed by atoms with van der Waals surface area (Å²) in [6.07, 6.45) is 0.0416. The van der Waals surface area contributed by atoms with Crippen LogP contribution in [-0.4, -0.2) is 50.5 Å². The molecule has 0 aliphatic rings. The lowest BCUT2D eigenvalue weighted by atomic mass is 9.72. The highest BCUT2D eigenvalue weighted by Gasteiger charge is 2.42. The number of hydrogen-bond donors (Lipinski definition) is 3. The highest BCUT2D eigenvalue weighted by atomic mass is 32.2. The summed E-state index contributed by atoms with van der Waals surface area (Å²) >= 11 is 0. The molecule has 0 bridgehead atoms. The first-order chi connectivity index (χ1) is 20.6. The normalized spacial score (nSPS) is 13.2. The van der Waals surface area contributed by atoms with Crippen molar-refractivity contribution in [1.29, 1.82) is 0 Å². The monoisotopic (exact) mass is 624 g/mol. The first kappa shape index (κ1) is 34.6. The smallest absolute Gasteiger partial charge is 0.407 e. The summed E-state index contributed by atoms with van der Waals surface area (Å²) < 4.78 is 37.6. The van der Waals surface area contributed by atoms with Gasteiger partial charge in [0.25, 0.3) is 5.91 Å². The van der Waals surface area contributed by atoms with Gasteiger partial charge in [-0.2, -0.15) is 0 Å². The van der Waals surface area contributed by atoms with Crippen LogP contribution in [0, 0.1) is 5.41 Å². The first-order valence-electron chi connectivity index (χ1n) is 14.8. The molecule has 2 amide bonds. The van der Waals surface area contributed by atoms with Gasteiger partial charge in [0.15, 0.2) is 0 Å². The highest BCUT2D eigenvalue weighted by Crippen LogP contribution is 2.38. The number of alkyl carbamates (subject to hydrolysis) is 1. The molecule has 44 heavy (non-hydrogen) atoms. The van der Waals surface area contributed by atoms with Crippen molar-refractivity contribution in [3.8, 4) is 16.9 Å². The molecule has 0 saturated heterocycles. The van der Waals surface area contributed by atoms with Crippen LogP contribution in [0.2, 0.25) is 0 Å². The molecular formula is C34H44N2O7S. The average Bonchev–Trinajstić information content (AvgIpc) is 2.95. The van der Waals surface area contributed by atoms with Crippen LogP contribution >= 0.6 is 0 Å². The summed E-state index contributed by atoms with van der Waals surface area (Å²) in [4.78, 5) is 25.2. The van der Waals surface area contributed by atoms with E-state index in [-0.39, 0.29) is 36.3 Å². The number of benzene rings is 3. The van der Waals surface area contributed by atoms with Crippen LogP contribution in [0.4, 0.5) is 4.79 Å². The Labute approximate surface area is 261 Å². The third kappa shape index (κ3) is 9.30. The number of carbonyl (C=O) groups excluding carboxylic acids is 2. The van der Waals surface area contributed by atoms with Crippen LogP contribution in [0.1, 0.15) is 69.4 Å². The summed E-state index contributed by atoms with van der Waals surface area (Å²) in [7, 11) is -3.73. The van der Waals surface area contributed by atoms with E-state index in [1.807, 2.05) is 89.2 Å². The molecule has 0 radical (unpaired) electrons. The second-order valence-corrected chi connectivity index (χ2v) is 13.9. The summed E-state index contributed by atoms with van der Waals surface area (Å²) in [5, 5.41) is 14.1. The SMILES string of the molecule is CCCS(=O)(=O)NC(=O)c1ccc(-c2ccc(CCOC(=O)NC[C@](O)(c3ccccc3)C(C)(C)C)cc2)cc1OC(C)C. The minimum Gasteiger partial charge on any atom is -0.490 e. The Morgan fingerprint density at radius 2 is 1.57 bits per heavy atom. The van der Waals surface area contributed by atoms with Gasteiger partial charge < -0.3 is 19.9 Å². The first-order valence-corrected chi connectivity index (χ1v) is 16.4. The van der Waals surface area contributed by atoms with E-state index in [1.54, 1.807) is 25.1 Å². The minimum absolute atomic E-state index is 0.00551. The lowest BCUT2D eigenvalue weighted by Crippen LogP contribution is -2.49. The van der Waals surface area contributed by atoms with Crippen molar-refractivity contribution < 1.29 is 32.6 Å². The molecule has 3 aromatic carbocycles. The molecule has 0 unspecified atom stereocenters. The molecule has 0 fully saturated rings. The van der Waals surface area contributed by atoms with Crippen molar-refractivity contribution in [2.75, 3.05) is 18.9 Å². The van der Waals surface area contributed by atoms with Crippen molar-refractivity contribution in [2.45, 2.75) is 66.1 Å². The zero-order valence-electron chi connectivity index (χ0n) is 26.3. The van der Waals surface area contributed by atoms with E-state index in [1.165, 1.54) is 0 Å². The lowest BCUT2D eigenvalue weighted by molar-refractivity contribution is -0.0617. The van der Waals surface area contributed by atoms with E-state index in [0.29, 0.717) is 18.4 Å². The fourth-order valence-corrected chi connectivity index (χ4v) is 5.68. The quantitative estimate of drug-likeness (QED) is 0.219. The highest BCUT2D eigenvalue weighted by molar-refractivity contribution is 7.90. The number of carbonyl (C=O) groups is 2. The van der Waals surface area contributed by atoms with E-state index in [9.17, 15) is 23.1 Å². The Morgan fingerprint density at radius 1 is 0.932 bits per heavy atom. The van der Waals surface area contributed by atoms with Gasteiger partial charge >= 0.3 is 6.09 Å². The second-order valence-electron chi connectivity index (χ2n) is 12.0. The number of hydrogen-bond acceptors (Lipinski definition) is 7. The Balaban J connectivity index is 1.62. The number of amides is 2. The molecule has 0 aliphatic heterocycles. The molecule has 0 heterocycles. The van der Waals surface area contributed by atoms with Crippen LogP contribution in [0.25, 0.3) is 11.1 Å². The average molecular weight is 625 g/mol. The predicted molar refractivity (Wildman–Crippen MR) is 172 cm³/mol. The number of sulfonamides is 1. The van der Waals surface area contributed by atoms with Crippen molar-refractivity contribution in [2.24, 2.45) is 5.41 Å². The molecule has 3 aromatic rings. The molecule has 0 spiro atoms. The van der Waals surface area contributed by atoms with Gasteiger partial charge in [0.1, 0.15) is 11.4 Å². The standard InChI is InChI=1S/C34H44N2O7S/c1-7-21-44(40,41)36-31(37)29-18-17-27(22-30(29)43-24(2)3)26-15-13-25(14-16-26)19-20-42-32(38)35-23-34(39,33(4,5)6)28-11-9-8-10-12-28/h8-18,22,24,39H,7,19-21,23H2,1-6H3,(H,35,38)(H,36,37)/t34-/m0/s1. The van der Waals surface area contributed by atoms with Crippen molar-refractivity contribution in [3.63, 3.8) is 0 Å². The Hall–Kier alpha value is -3.89. The number of ether oxygens (including phenoxy) is 2. The van der Waals surface area contributed by atoms with Gasteiger partial charge in [-0.1, -0.05) is 88.4 Å². The number of aliphatic hydroxyl groups is 1. The van der Waals surface area contributed by atoms with Gasteiger partial charge in [0, 0.05) is 6.42 Å². The molecule has 3 rings (SSSR count). The third-order valence-electron chi connectivity index (χ3n) is 7.20. The van der Waals surface area contributed by atoms with Gasteiger partial charge in [0.2, 0.25) is 10.0 Å². The van der Waals surface area contributed by atoms with Gasteiger partial charge in [-0.25, -0.2) is 17.9 Å². The maximum Gasteiger partial charge on any atom is 0.407 e. The fraction of sp³-hybridized carbons (Fsp3) is 0.412. The topological polar surface area (TPSA) is 131 Å². The number of rotatable bonds is 13. The molecule has 0 aliphatic carbocycles. The van der Waals surface area contributed by atoms with E-state index < -0.39 is 33.0 Å². The van der Waals surface area contributed by atoms with Crippen molar-refractivity contribution in [3.05, 3.63) is 89.5 Å². The molecule has 0 saturated carbocycles. The van der Waals surface area contributed by atoms with Gasteiger partial charge in [-0.05, 0) is 60.1 Å². The van der Waals surface area contributed by atoms with E-state index in [4.69, 9.17) is 9.47 Å². The molecule has 238 valence electrons. The third-order valence-corrected chi connectivity index (χ3v) is 8.64. The van der Waals surface area contributed by atoms with Crippen molar-refractivity contribution >= 4 is 22.0 Å². The van der Waals surface area contributed by atoms with E-state index in [0.717, 1.165) is 16.7 Å². The van der Waals surface area contributed by atoms with E-state index in [2.05, 4.69) is 10.0 Å². The largest absolute Gasteiger partial charge is 0.490 e. The van der Waals surface area contributed by atoms with Gasteiger partial charge in [-0.3, -0.25) is 4.79 Å². The molecule has 9 nitrogen and oxygen atoms in total. The summed E-state index contributed by atoms with van der Waals surface area (Å²) in [5.41, 5.74) is 1.65. The van der Waals surface area contributed by atoms with Crippen LogP contribution < -0.4 is 14.8 Å². The van der Waals surface area contributed by atoms with Crippen LogP contribution in [-0.2, 0) is 26.8 Å². The maximum absolute atomic E-state index is 12.8. The van der Waals surface area contributed by atoms with Crippen LogP contribution in [0.5, 0.6) is 5.75 Å². The molecule has 1 atom stereocenters. The maximum atomic E-state index is 12.8. The number of nitrogens with one attached hydrogen (secondary N) is 2. The van der Waals surface area contributed by atoms with Gasteiger partial charge in [-0.15, -0.1) is 0 Å². The minimum atomic E-state index is -3.73. The zero-order valence-corrected chi connectivity index (χ0v) is 27.2. The zero-order chi connectivity index (χ0) is 32.5. The molecular weight excluding hydrogens is 580 g/mol. The summed E-state index contributed by atoms with van der Waals surface area (Å²) in [6.45, 7) is 11.3. The van der Waals surface area contributed by atoms with Crippen LogP contribution in [0.3, 0.4) is 0 Å². The molecule has 10 heteroatoms. The van der Waals surface area contributed by atoms with Crippen molar-refractivity contribution in [1.82, 2.24) is 10.0 Å². The Bertz CT molecular complexity index is 1520. The lowest BCUT2D eigenvalue weighted by Gasteiger charge is -2.40. The molecule has 0 aromatic heterocycles. The molecule has 3 N–H and O–H groups in total.